The summed E-state index contributed by atoms with van der Waals surface area (Å²) in [6.45, 7) is 4.20. The molecule has 2 unspecified atom stereocenters. The minimum Gasteiger partial charge on any atom is -0.394 e. The van der Waals surface area contributed by atoms with Gasteiger partial charge in [-0.15, -0.1) is 0 Å². The minimum atomic E-state index is -0.844. The number of carbonyl (C=O) groups excluding carboxylic acids is 1. The van der Waals surface area contributed by atoms with E-state index in [-0.39, 0.29) is 12.5 Å². The number of amides is 1. The number of hydrogen-bond acceptors (Lipinski definition) is 3. The second-order valence-electron chi connectivity index (χ2n) is 14.7. The van der Waals surface area contributed by atoms with Crippen LogP contribution >= 0.6 is 0 Å². The van der Waals surface area contributed by atoms with Crippen molar-refractivity contribution in [3.63, 3.8) is 0 Å². The number of nitrogens with one attached hydrogen (secondary N) is 1. The largest absolute Gasteiger partial charge is 0.394 e. The van der Waals surface area contributed by atoms with Crippen molar-refractivity contribution in [3.05, 3.63) is 48.6 Å². The quantitative estimate of drug-likeness (QED) is 0.0442. The molecule has 0 radical (unpaired) electrons. The molecule has 0 saturated heterocycles. The summed E-state index contributed by atoms with van der Waals surface area (Å²) in [6, 6.07) is -0.628. The van der Waals surface area contributed by atoms with Crippen LogP contribution in [0.3, 0.4) is 0 Å². The maximum Gasteiger partial charge on any atom is 0.220 e. The van der Waals surface area contributed by atoms with Gasteiger partial charge in [0.1, 0.15) is 0 Å². The maximum atomic E-state index is 12.4. The van der Waals surface area contributed by atoms with E-state index in [2.05, 4.69) is 55.6 Å². The fraction of sp³-hybridized carbons (Fsp3) is 0.804. The average molecular weight is 700 g/mol. The van der Waals surface area contributed by atoms with E-state index < -0.39 is 12.1 Å². The van der Waals surface area contributed by atoms with E-state index >= 15 is 0 Å². The molecule has 0 aromatic heterocycles. The summed E-state index contributed by atoms with van der Waals surface area (Å²) in [4.78, 5) is 12.4. The van der Waals surface area contributed by atoms with Gasteiger partial charge in [0.05, 0.1) is 18.8 Å². The Balaban J connectivity index is 3.58. The first-order valence-corrected chi connectivity index (χ1v) is 21.9. The van der Waals surface area contributed by atoms with E-state index in [1.54, 1.807) is 6.08 Å². The van der Waals surface area contributed by atoms with Crippen molar-refractivity contribution in [2.45, 2.75) is 231 Å². The molecule has 0 aliphatic carbocycles. The number of rotatable bonds is 39. The highest BCUT2D eigenvalue weighted by atomic mass is 16.3. The number of aliphatic hydroxyl groups excluding tert-OH is 2. The first-order valence-electron chi connectivity index (χ1n) is 21.9. The Morgan fingerprint density at radius 3 is 1.32 bits per heavy atom. The van der Waals surface area contributed by atoms with Gasteiger partial charge in [-0.2, -0.15) is 0 Å². The standard InChI is InChI=1S/C46H85NO3/c1-3-5-7-9-11-13-15-17-19-21-22-23-24-26-27-29-31-33-35-37-39-41-45(49)44(43-48)47-46(50)42-40-38-36-34-32-30-28-25-20-18-16-14-12-10-8-6-4-2/h6,8,12,14,18,20,39,41,44-45,48-49H,3-5,7,9-11,13,15-17,19,21-38,40,42-43H2,1-2H3,(H,47,50)/b8-6-,14-12-,20-18-,41-39+. The molecule has 0 rings (SSSR count). The molecule has 4 nitrogen and oxygen atoms in total. The average Bonchev–Trinajstić information content (AvgIpc) is 3.12. The zero-order chi connectivity index (χ0) is 36.4. The summed E-state index contributed by atoms with van der Waals surface area (Å²) < 4.78 is 0. The Kier molecular flexibility index (Phi) is 40.4. The molecule has 1 amide bonds. The van der Waals surface area contributed by atoms with Gasteiger partial charge in [-0.3, -0.25) is 4.79 Å². The van der Waals surface area contributed by atoms with Crippen LogP contribution in [-0.2, 0) is 4.79 Å². The Hall–Kier alpha value is -1.65. The van der Waals surface area contributed by atoms with Crippen molar-refractivity contribution >= 4 is 5.91 Å². The molecule has 0 spiro atoms. The highest BCUT2D eigenvalue weighted by Crippen LogP contribution is 2.15. The van der Waals surface area contributed by atoms with Crippen molar-refractivity contribution in [1.82, 2.24) is 5.32 Å². The maximum absolute atomic E-state index is 12.4. The smallest absolute Gasteiger partial charge is 0.220 e. The number of unbranched alkanes of at least 4 members (excludes halogenated alkanes) is 26. The zero-order valence-corrected chi connectivity index (χ0v) is 33.4. The molecule has 292 valence electrons. The van der Waals surface area contributed by atoms with Gasteiger partial charge in [0.15, 0.2) is 0 Å². The lowest BCUT2D eigenvalue weighted by molar-refractivity contribution is -0.123. The van der Waals surface area contributed by atoms with E-state index in [0.29, 0.717) is 6.42 Å². The van der Waals surface area contributed by atoms with Crippen molar-refractivity contribution in [2.75, 3.05) is 6.61 Å². The zero-order valence-electron chi connectivity index (χ0n) is 33.4. The topological polar surface area (TPSA) is 69.6 Å². The van der Waals surface area contributed by atoms with Crippen LogP contribution in [0.5, 0.6) is 0 Å². The molecule has 0 aromatic carbocycles. The monoisotopic (exact) mass is 700 g/mol. The number of allylic oxidation sites excluding steroid dienone is 7. The predicted molar refractivity (Wildman–Crippen MR) is 221 cm³/mol. The van der Waals surface area contributed by atoms with Gasteiger partial charge >= 0.3 is 0 Å². The second-order valence-corrected chi connectivity index (χ2v) is 14.7. The predicted octanol–water partition coefficient (Wildman–Crippen LogP) is 13.6. The summed E-state index contributed by atoms with van der Waals surface area (Å²) in [6.07, 6.45) is 56.4. The fourth-order valence-corrected chi connectivity index (χ4v) is 6.49. The van der Waals surface area contributed by atoms with Crippen molar-refractivity contribution < 1.29 is 15.0 Å². The number of aliphatic hydroxyl groups is 2. The van der Waals surface area contributed by atoms with Gasteiger partial charge in [0, 0.05) is 6.42 Å². The molecule has 50 heavy (non-hydrogen) atoms. The Bertz CT molecular complexity index is 801. The summed E-state index contributed by atoms with van der Waals surface area (Å²) in [7, 11) is 0. The molecular weight excluding hydrogens is 615 g/mol. The molecule has 0 bridgehead atoms. The second kappa shape index (κ2) is 41.8. The lowest BCUT2D eigenvalue weighted by Gasteiger charge is -2.20. The number of carbonyl (C=O) groups is 1. The van der Waals surface area contributed by atoms with Crippen LogP contribution < -0.4 is 5.32 Å². The molecule has 0 fully saturated rings. The van der Waals surface area contributed by atoms with E-state index in [1.807, 2.05) is 6.08 Å². The Labute approximate surface area is 312 Å². The van der Waals surface area contributed by atoms with Crippen LogP contribution in [0.2, 0.25) is 0 Å². The molecule has 0 aliphatic rings. The van der Waals surface area contributed by atoms with Crippen molar-refractivity contribution in [2.24, 2.45) is 0 Å². The fourth-order valence-electron chi connectivity index (χ4n) is 6.49. The van der Waals surface area contributed by atoms with E-state index in [1.165, 1.54) is 141 Å². The summed E-state index contributed by atoms with van der Waals surface area (Å²) in [5, 5.41) is 23.0. The van der Waals surface area contributed by atoms with Gasteiger partial charge in [-0.05, 0) is 51.4 Å². The molecular formula is C46H85NO3. The molecule has 2 atom stereocenters. The number of hydrogen-bond donors (Lipinski definition) is 3. The van der Waals surface area contributed by atoms with Crippen molar-refractivity contribution in [1.29, 1.82) is 0 Å². The van der Waals surface area contributed by atoms with Crippen LogP contribution in [0.4, 0.5) is 0 Å². The van der Waals surface area contributed by atoms with Crippen LogP contribution in [0.25, 0.3) is 0 Å². The first-order chi connectivity index (χ1) is 24.7. The van der Waals surface area contributed by atoms with Crippen LogP contribution in [0.15, 0.2) is 48.6 Å². The van der Waals surface area contributed by atoms with Gasteiger partial charge in [-0.1, -0.05) is 210 Å². The first kappa shape index (κ1) is 48.3. The third-order valence-electron chi connectivity index (χ3n) is 9.82. The van der Waals surface area contributed by atoms with E-state index in [4.69, 9.17) is 0 Å². The third kappa shape index (κ3) is 37.6. The summed E-state index contributed by atoms with van der Waals surface area (Å²) >= 11 is 0. The highest BCUT2D eigenvalue weighted by Gasteiger charge is 2.17. The molecule has 0 saturated carbocycles. The minimum absolute atomic E-state index is 0.0747. The summed E-state index contributed by atoms with van der Waals surface area (Å²) in [5.74, 6) is -0.0747. The van der Waals surface area contributed by atoms with E-state index in [0.717, 1.165) is 57.8 Å². The van der Waals surface area contributed by atoms with Crippen LogP contribution in [0.1, 0.15) is 219 Å². The lowest BCUT2D eigenvalue weighted by atomic mass is 10.0. The normalized spacial score (nSPS) is 13.4. The van der Waals surface area contributed by atoms with Gasteiger partial charge < -0.3 is 15.5 Å². The van der Waals surface area contributed by atoms with Crippen molar-refractivity contribution in [3.8, 4) is 0 Å². The van der Waals surface area contributed by atoms with Gasteiger partial charge in [0.25, 0.3) is 0 Å². The Morgan fingerprint density at radius 1 is 0.500 bits per heavy atom. The Morgan fingerprint density at radius 2 is 0.880 bits per heavy atom. The SMILES string of the molecule is CC/C=C\C/C=C\C/C=C\CCCCCCCCCC(=O)NC(CO)C(O)/C=C/CCCCCCCCCCCCCCCCCCCCC. The third-order valence-corrected chi connectivity index (χ3v) is 9.82. The molecule has 0 aliphatic heterocycles. The van der Waals surface area contributed by atoms with Crippen LogP contribution in [0, 0.1) is 0 Å². The molecule has 0 heterocycles. The highest BCUT2D eigenvalue weighted by molar-refractivity contribution is 5.76. The van der Waals surface area contributed by atoms with Gasteiger partial charge in [-0.25, -0.2) is 0 Å². The van der Waals surface area contributed by atoms with E-state index in [9.17, 15) is 15.0 Å². The summed E-state index contributed by atoms with van der Waals surface area (Å²) in [5.41, 5.74) is 0. The lowest BCUT2D eigenvalue weighted by Crippen LogP contribution is -2.45. The van der Waals surface area contributed by atoms with Crippen LogP contribution in [-0.4, -0.2) is 34.9 Å². The van der Waals surface area contributed by atoms with Gasteiger partial charge in [0.2, 0.25) is 5.91 Å². The molecule has 4 heteroatoms. The molecule has 0 aromatic rings. The molecule has 3 N–H and O–H groups in total.